The minimum atomic E-state index is 0.0402. The zero-order valence-corrected chi connectivity index (χ0v) is 28.1. The number of aryl methyl sites for hydroxylation is 2. The molecule has 0 fully saturated rings. The van der Waals surface area contributed by atoms with Gasteiger partial charge in [0.1, 0.15) is 0 Å². The molecule has 5 aromatic rings. The minimum Gasteiger partial charge on any atom is -0.655 e. The summed E-state index contributed by atoms with van der Waals surface area (Å²) in [7, 11) is 10.0. The Bertz CT molecular complexity index is 2110. The van der Waals surface area contributed by atoms with Gasteiger partial charge in [0.2, 0.25) is 11.3 Å². The Kier molecular flexibility index (Phi) is 7.44. The standard InChI is InChI=1S/C39H38N2O7/c1-42-30-10-9-25-17-26-23(20-41(25)39(30)47-6)8-7-21-14-31(43-2)34(18-27(21)26)48-33-16-24-13-29-36-22(11-12-40-29)15-35(45-4)38(46-5)37(36)28(24)19-32(33)44-3/h9-10,14-20,29H,7-8,11-13H2,1-6H3/t29-/m0/s1. The van der Waals surface area contributed by atoms with Crippen LogP contribution in [0.25, 0.3) is 33.1 Å². The summed E-state index contributed by atoms with van der Waals surface area (Å²) in [5.74, 6) is 5.29. The molecule has 3 aliphatic rings. The van der Waals surface area contributed by atoms with Gasteiger partial charge in [-0.25, -0.2) is 0 Å². The molecule has 0 radical (unpaired) electrons. The van der Waals surface area contributed by atoms with Crippen molar-refractivity contribution in [2.45, 2.75) is 31.7 Å². The van der Waals surface area contributed by atoms with Gasteiger partial charge in [-0.3, -0.25) is 0 Å². The molecule has 0 spiro atoms. The third kappa shape index (κ3) is 4.59. The predicted molar refractivity (Wildman–Crippen MR) is 182 cm³/mol. The molecule has 0 N–H and O–H groups in total. The Balaban J connectivity index is 1.24. The van der Waals surface area contributed by atoms with Crippen molar-refractivity contribution in [3.05, 3.63) is 87.9 Å². The number of pyridine rings is 2. The lowest BCUT2D eigenvalue weighted by atomic mass is 9.77. The molecular weight excluding hydrogens is 608 g/mol. The number of methoxy groups -OCH3 is 6. The summed E-state index contributed by atoms with van der Waals surface area (Å²) in [6.45, 7) is 0.781. The molecule has 1 aliphatic heterocycles. The van der Waals surface area contributed by atoms with Crippen molar-refractivity contribution in [1.29, 1.82) is 0 Å². The molecule has 246 valence electrons. The number of ether oxygens (including phenoxy) is 7. The van der Waals surface area contributed by atoms with Gasteiger partial charge in [-0.1, -0.05) is 5.56 Å². The van der Waals surface area contributed by atoms with Gasteiger partial charge < -0.3 is 38.5 Å². The van der Waals surface area contributed by atoms with Gasteiger partial charge in [0.15, 0.2) is 40.7 Å². The summed E-state index contributed by atoms with van der Waals surface area (Å²) < 4.78 is 43.7. The van der Waals surface area contributed by atoms with E-state index in [4.69, 9.17) is 38.5 Å². The van der Waals surface area contributed by atoms with E-state index in [-0.39, 0.29) is 6.04 Å². The summed E-state index contributed by atoms with van der Waals surface area (Å²) in [4.78, 5) is 0. The quantitative estimate of drug-likeness (QED) is 0.165. The van der Waals surface area contributed by atoms with E-state index < -0.39 is 0 Å². The van der Waals surface area contributed by atoms with Crippen LogP contribution < -0.4 is 37.6 Å². The monoisotopic (exact) mass is 646 g/mol. The molecule has 0 bridgehead atoms. The summed E-state index contributed by atoms with van der Waals surface area (Å²) >= 11 is 0. The SMILES string of the molecule is COc1cc2c(cc1Oc1cc3c(cc1OC)CCc1c[n+]4c(OC)c(OC)ccc4cc1-3)C[C@@H]1[N-]CCc3cc(OC)c(OC)c-2c31. The molecule has 0 saturated heterocycles. The van der Waals surface area contributed by atoms with E-state index in [0.717, 1.165) is 71.3 Å². The molecule has 0 unspecified atom stereocenters. The smallest absolute Gasteiger partial charge is 0.417 e. The Morgan fingerprint density at radius 3 is 2.00 bits per heavy atom. The van der Waals surface area contributed by atoms with Crippen molar-refractivity contribution in [3.8, 4) is 68.4 Å². The summed E-state index contributed by atoms with van der Waals surface area (Å²) in [6, 6.07) is 16.6. The highest BCUT2D eigenvalue weighted by molar-refractivity contribution is 5.86. The zero-order valence-electron chi connectivity index (χ0n) is 28.1. The number of hydrogen-bond acceptors (Lipinski definition) is 7. The van der Waals surface area contributed by atoms with Crippen LogP contribution in [0, 0.1) is 0 Å². The highest BCUT2D eigenvalue weighted by Crippen LogP contribution is 2.55. The van der Waals surface area contributed by atoms with E-state index >= 15 is 0 Å². The molecule has 48 heavy (non-hydrogen) atoms. The van der Waals surface area contributed by atoms with Crippen LogP contribution in [0.2, 0.25) is 0 Å². The van der Waals surface area contributed by atoms with Crippen molar-refractivity contribution in [3.63, 3.8) is 0 Å². The number of fused-ring (bicyclic) bond motifs is 6. The maximum atomic E-state index is 6.74. The van der Waals surface area contributed by atoms with Crippen molar-refractivity contribution in [2.24, 2.45) is 0 Å². The molecule has 9 heteroatoms. The Hall–Kier alpha value is -5.15. The number of hydrogen-bond donors (Lipinski definition) is 0. The molecule has 1 atom stereocenters. The van der Waals surface area contributed by atoms with Gasteiger partial charge in [-0.05, 0) is 95.5 Å². The average Bonchev–Trinajstić information content (AvgIpc) is 3.12. The summed E-state index contributed by atoms with van der Waals surface area (Å²) in [5, 5.41) is 5.02. The number of benzene rings is 3. The van der Waals surface area contributed by atoms with E-state index in [1.165, 1.54) is 22.3 Å². The fourth-order valence-electron chi connectivity index (χ4n) is 7.72. The molecule has 2 aliphatic carbocycles. The lowest BCUT2D eigenvalue weighted by Gasteiger charge is -2.44. The zero-order chi connectivity index (χ0) is 33.1. The van der Waals surface area contributed by atoms with E-state index in [9.17, 15) is 0 Å². The lowest BCUT2D eigenvalue weighted by Crippen LogP contribution is -2.26. The fourth-order valence-corrected chi connectivity index (χ4v) is 7.72. The number of rotatable bonds is 8. The third-order valence-corrected chi connectivity index (χ3v) is 9.94. The van der Waals surface area contributed by atoms with E-state index in [0.29, 0.717) is 40.4 Å². The Morgan fingerprint density at radius 2 is 1.25 bits per heavy atom. The van der Waals surface area contributed by atoms with E-state index in [1.807, 2.05) is 16.5 Å². The van der Waals surface area contributed by atoms with Gasteiger partial charge >= 0.3 is 5.88 Å². The van der Waals surface area contributed by atoms with Gasteiger partial charge in [0, 0.05) is 23.3 Å². The highest BCUT2D eigenvalue weighted by Gasteiger charge is 2.32. The maximum absolute atomic E-state index is 6.74. The van der Waals surface area contributed by atoms with Crippen LogP contribution >= 0.6 is 0 Å². The van der Waals surface area contributed by atoms with Gasteiger partial charge in [-0.15, -0.1) is 17.0 Å². The largest absolute Gasteiger partial charge is 0.655 e. The second-order valence-electron chi connectivity index (χ2n) is 12.3. The van der Waals surface area contributed by atoms with Crippen LogP contribution in [-0.4, -0.2) is 49.2 Å². The van der Waals surface area contributed by atoms with Crippen molar-refractivity contribution < 1.29 is 37.6 Å². The first-order valence-electron chi connectivity index (χ1n) is 16.1. The maximum Gasteiger partial charge on any atom is 0.417 e. The van der Waals surface area contributed by atoms with Crippen LogP contribution in [0.3, 0.4) is 0 Å². The van der Waals surface area contributed by atoms with Crippen molar-refractivity contribution in [2.75, 3.05) is 49.2 Å². The van der Waals surface area contributed by atoms with Crippen molar-refractivity contribution in [1.82, 2.24) is 0 Å². The lowest BCUT2D eigenvalue weighted by molar-refractivity contribution is -0.522. The number of aromatic nitrogens is 1. The molecule has 2 aromatic heterocycles. The third-order valence-electron chi connectivity index (χ3n) is 9.94. The van der Waals surface area contributed by atoms with Crippen LogP contribution in [0.5, 0.6) is 46.1 Å². The number of nitrogens with zero attached hydrogens (tertiary/aromatic N) is 2. The fraction of sp³-hybridized carbons (Fsp3) is 0.308. The van der Waals surface area contributed by atoms with Crippen LogP contribution in [-0.2, 0) is 25.7 Å². The van der Waals surface area contributed by atoms with Crippen LogP contribution in [0.4, 0.5) is 0 Å². The van der Waals surface area contributed by atoms with Crippen LogP contribution in [0.15, 0.2) is 54.7 Å². The predicted octanol–water partition coefficient (Wildman–Crippen LogP) is 7.23. The topological polar surface area (TPSA) is 82.8 Å². The van der Waals surface area contributed by atoms with Crippen LogP contribution in [0.1, 0.15) is 33.9 Å². The normalized spacial score (nSPS) is 15.4. The molecule has 3 heterocycles. The molecule has 0 amide bonds. The minimum absolute atomic E-state index is 0.0402. The van der Waals surface area contributed by atoms with Crippen molar-refractivity contribution >= 4 is 5.52 Å². The van der Waals surface area contributed by atoms with E-state index in [2.05, 4.69) is 42.6 Å². The molecular formula is C39H38N2O7. The Labute approximate surface area is 279 Å². The van der Waals surface area contributed by atoms with Gasteiger partial charge in [0.05, 0.1) is 42.7 Å². The second-order valence-corrected chi connectivity index (χ2v) is 12.3. The molecule has 9 nitrogen and oxygen atoms in total. The highest BCUT2D eigenvalue weighted by atomic mass is 16.5. The first-order chi connectivity index (χ1) is 23.5. The Morgan fingerprint density at radius 1 is 0.583 bits per heavy atom. The summed E-state index contributed by atoms with van der Waals surface area (Å²) in [5.41, 5.74) is 11.3. The molecule has 8 rings (SSSR count). The van der Waals surface area contributed by atoms with E-state index in [1.54, 1.807) is 42.7 Å². The average molecular weight is 647 g/mol. The molecule has 3 aromatic carbocycles. The van der Waals surface area contributed by atoms with Gasteiger partial charge in [-0.2, -0.15) is 0 Å². The second kappa shape index (κ2) is 11.8. The summed E-state index contributed by atoms with van der Waals surface area (Å²) in [6.07, 6.45) is 5.55. The first kappa shape index (κ1) is 30.2. The first-order valence-corrected chi connectivity index (χ1v) is 16.1. The van der Waals surface area contributed by atoms with Gasteiger partial charge in [0.25, 0.3) is 0 Å². The molecule has 0 saturated carbocycles.